The molecule has 1 atom stereocenters. The van der Waals surface area contributed by atoms with Gasteiger partial charge >= 0.3 is 0 Å². The lowest BCUT2D eigenvalue weighted by Crippen LogP contribution is -2.20. The molecule has 0 fully saturated rings. The summed E-state index contributed by atoms with van der Waals surface area (Å²) in [5, 5.41) is 12.3. The molecule has 0 aromatic carbocycles. The van der Waals surface area contributed by atoms with E-state index in [4.69, 9.17) is 16.3 Å². The number of anilines is 2. The van der Waals surface area contributed by atoms with Crippen LogP contribution in [-0.2, 0) is 6.54 Å². The highest BCUT2D eigenvalue weighted by Crippen LogP contribution is 2.33. The first kappa shape index (κ1) is 18.7. The quantitative estimate of drug-likeness (QED) is 0.493. The van der Waals surface area contributed by atoms with Gasteiger partial charge in [0.15, 0.2) is 17.0 Å². The molecule has 0 spiro atoms. The summed E-state index contributed by atoms with van der Waals surface area (Å²) in [5.41, 5.74) is 2.44. The van der Waals surface area contributed by atoms with E-state index >= 15 is 0 Å². The molecule has 0 aliphatic carbocycles. The summed E-state index contributed by atoms with van der Waals surface area (Å²) in [5.74, 6) is -0.126. The second-order valence-corrected chi connectivity index (χ2v) is 7.23. The second kappa shape index (κ2) is 6.87. The van der Waals surface area contributed by atoms with Gasteiger partial charge in [-0.15, -0.1) is 5.10 Å². The Kier molecular flexibility index (Phi) is 4.28. The number of ether oxygens (including phenoxy) is 1. The molecule has 0 saturated carbocycles. The van der Waals surface area contributed by atoms with E-state index in [0.29, 0.717) is 33.8 Å². The highest BCUT2D eigenvalue weighted by molar-refractivity contribution is 6.34. The van der Waals surface area contributed by atoms with Gasteiger partial charge in [0.1, 0.15) is 18.1 Å². The van der Waals surface area contributed by atoms with Gasteiger partial charge in [0.05, 0.1) is 35.2 Å². The minimum atomic E-state index is -1.39. The molecule has 5 rings (SSSR count). The Labute approximate surface area is 173 Å². The summed E-state index contributed by atoms with van der Waals surface area (Å²) in [7, 11) is 0. The topological polar surface area (TPSA) is 95.6 Å². The molecule has 4 aromatic heterocycles. The number of alkyl halides is 1. The van der Waals surface area contributed by atoms with Gasteiger partial charge in [0.2, 0.25) is 5.95 Å². The van der Waals surface area contributed by atoms with Gasteiger partial charge in [0.25, 0.3) is 5.88 Å². The molecule has 30 heavy (non-hydrogen) atoms. The average Bonchev–Trinajstić information content (AvgIpc) is 3.18. The molecule has 0 radical (unpaired) electrons. The van der Waals surface area contributed by atoms with Crippen LogP contribution in [0.3, 0.4) is 0 Å². The Morgan fingerprint density at radius 2 is 2.07 bits per heavy atom. The van der Waals surface area contributed by atoms with E-state index in [1.165, 1.54) is 21.6 Å². The lowest BCUT2D eigenvalue weighted by atomic mass is 10.3. The Hall–Kier alpha value is -3.34. The number of nitrogens with one attached hydrogen (secondary N) is 1. The predicted octanol–water partition coefficient (Wildman–Crippen LogP) is 3.29. The number of hydrogen-bond donors (Lipinski definition) is 1. The molecule has 4 aromatic rings. The van der Waals surface area contributed by atoms with Gasteiger partial charge in [-0.25, -0.2) is 23.1 Å². The molecule has 2 bridgehead atoms. The van der Waals surface area contributed by atoms with Crippen LogP contribution in [-0.4, -0.2) is 47.3 Å². The van der Waals surface area contributed by atoms with Crippen molar-refractivity contribution in [3.05, 3.63) is 40.8 Å². The second-order valence-electron chi connectivity index (χ2n) is 6.87. The third kappa shape index (κ3) is 3.02. The standard InChI is InChI=1S/C18H15ClF2N8O/c1-8-13(3-10(20)4-22-8)29-9(2)14-17(27-29)30-7-11(21)6-28-16-12(15(19)26-28)5-23-18(24-14)25-16/h3-5,11H,6-7H2,1-2H3,(H,23,24,25)/t11-/m1/s1. The van der Waals surface area contributed by atoms with Crippen LogP contribution in [0.4, 0.5) is 20.4 Å². The van der Waals surface area contributed by atoms with Crippen LogP contribution in [0.2, 0.25) is 5.15 Å². The minimum absolute atomic E-state index is 0.0956. The molecular formula is C18H15ClF2N8O. The predicted molar refractivity (Wildman–Crippen MR) is 105 cm³/mol. The maximum absolute atomic E-state index is 14.6. The summed E-state index contributed by atoms with van der Waals surface area (Å²) in [6, 6.07) is 1.32. The normalized spacial score (nSPS) is 16.1. The molecule has 12 heteroatoms. The number of aryl methyl sites for hydroxylation is 1. The van der Waals surface area contributed by atoms with Crippen LogP contribution >= 0.6 is 11.6 Å². The zero-order valence-electron chi connectivity index (χ0n) is 15.9. The van der Waals surface area contributed by atoms with Gasteiger partial charge < -0.3 is 10.1 Å². The Bertz CT molecular complexity index is 1290. The van der Waals surface area contributed by atoms with Crippen molar-refractivity contribution >= 4 is 34.3 Å². The third-order valence-electron chi connectivity index (χ3n) is 4.79. The number of hydrogen-bond acceptors (Lipinski definition) is 7. The van der Waals surface area contributed by atoms with E-state index < -0.39 is 12.0 Å². The van der Waals surface area contributed by atoms with Gasteiger partial charge in [0, 0.05) is 12.3 Å². The van der Waals surface area contributed by atoms with E-state index in [-0.39, 0.29) is 30.1 Å². The van der Waals surface area contributed by atoms with Crippen LogP contribution in [0.5, 0.6) is 5.88 Å². The average molecular weight is 433 g/mol. The maximum Gasteiger partial charge on any atom is 0.257 e. The van der Waals surface area contributed by atoms with Crippen LogP contribution in [0.25, 0.3) is 16.7 Å². The summed E-state index contributed by atoms with van der Waals surface area (Å²) >= 11 is 6.12. The Morgan fingerprint density at radius 1 is 1.23 bits per heavy atom. The van der Waals surface area contributed by atoms with Crippen molar-refractivity contribution in [2.45, 2.75) is 26.6 Å². The van der Waals surface area contributed by atoms with E-state index in [2.05, 4.69) is 30.5 Å². The number of halogens is 3. The third-order valence-corrected chi connectivity index (χ3v) is 5.07. The number of pyridine rings is 1. The van der Waals surface area contributed by atoms with Crippen molar-refractivity contribution in [1.29, 1.82) is 0 Å². The van der Waals surface area contributed by atoms with Crippen molar-refractivity contribution in [1.82, 2.24) is 34.5 Å². The smallest absolute Gasteiger partial charge is 0.257 e. The summed E-state index contributed by atoms with van der Waals surface area (Å²) in [6.07, 6.45) is 1.25. The minimum Gasteiger partial charge on any atom is -0.472 e. The summed E-state index contributed by atoms with van der Waals surface area (Å²) in [4.78, 5) is 12.7. The molecule has 9 nitrogen and oxygen atoms in total. The van der Waals surface area contributed by atoms with Crippen molar-refractivity contribution in [2.24, 2.45) is 0 Å². The van der Waals surface area contributed by atoms with Crippen LogP contribution in [0, 0.1) is 19.7 Å². The van der Waals surface area contributed by atoms with E-state index in [0.717, 1.165) is 6.20 Å². The highest BCUT2D eigenvalue weighted by atomic mass is 35.5. The van der Waals surface area contributed by atoms with Crippen LogP contribution in [0.15, 0.2) is 18.5 Å². The molecule has 1 N–H and O–H groups in total. The molecule has 5 heterocycles. The monoisotopic (exact) mass is 432 g/mol. The van der Waals surface area contributed by atoms with Gasteiger partial charge in [-0.2, -0.15) is 10.1 Å². The molecule has 154 valence electrons. The first-order chi connectivity index (χ1) is 14.4. The zero-order valence-corrected chi connectivity index (χ0v) is 16.7. The molecule has 0 unspecified atom stereocenters. The molecule has 1 aliphatic heterocycles. The zero-order chi connectivity index (χ0) is 21.0. The summed E-state index contributed by atoms with van der Waals surface area (Å²) in [6.45, 7) is 3.13. The van der Waals surface area contributed by atoms with Crippen molar-refractivity contribution < 1.29 is 13.5 Å². The largest absolute Gasteiger partial charge is 0.472 e. The van der Waals surface area contributed by atoms with Gasteiger partial charge in [-0.3, -0.25) is 4.98 Å². The van der Waals surface area contributed by atoms with Crippen molar-refractivity contribution in [3.63, 3.8) is 0 Å². The van der Waals surface area contributed by atoms with E-state index in [1.54, 1.807) is 13.8 Å². The molecule has 0 amide bonds. The fourth-order valence-electron chi connectivity index (χ4n) is 3.30. The van der Waals surface area contributed by atoms with Gasteiger partial charge in [-0.05, 0) is 13.8 Å². The van der Waals surface area contributed by atoms with E-state index in [9.17, 15) is 8.78 Å². The number of nitrogens with zero attached hydrogens (tertiary/aromatic N) is 7. The Morgan fingerprint density at radius 3 is 2.90 bits per heavy atom. The SMILES string of the molecule is Cc1ncc(F)cc1-n1nc2c(c1C)Nc1ncc3c(Cl)nn(c3n1)C[C@@H](F)CO2. The summed E-state index contributed by atoms with van der Waals surface area (Å²) < 4.78 is 36.9. The number of aromatic nitrogens is 7. The molecular weight excluding hydrogens is 418 g/mol. The Balaban J connectivity index is 1.67. The van der Waals surface area contributed by atoms with Gasteiger partial charge in [-0.1, -0.05) is 11.6 Å². The lowest BCUT2D eigenvalue weighted by molar-refractivity contribution is 0.171. The van der Waals surface area contributed by atoms with Crippen LogP contribution in [0.1, 0.15) is 11.4 Å². The fourth-order valence-corrected chi connectivity index (χ4v) is 3.52. The highest BCUT2D eigenvalue weighted by Gasteiger charge is 2.24. The van der Waals surface area contributed by atoms with Crippen LogP contribution < -0.4 is 10.1 Å². The first-order valence-electron chi connectivity index (χ1n) is 9.06. The number of fused-ring (bicyclic) bond motifs is 2. The lowest BCUT2D eigenvalue weighted by Gasteiger charge is -2.09. The maximum atomic E-state index is 14.6. The molecule has 0 saturated heterocycles. The number of rotatable bonds is 1. The molecule has 1 aliphatic rings. The first-order valence-corrected chi connectivity index (χ1v) is 9.43. The van der Waals surface area contributed by atoms with Crippen molar-refractivity contribution in [3.8, 4) is 11.6 Å². The van der Waals surface area contributed by atoms with E-state index in [1.807, 2.05) is 0 Å². The van der Waals surface area contributed by atoms with Crippen molar-refractivity contribution in [2.75, 3.05) is 11.9 Å². The fraction of sp³-hybridized carbons (Fsp3) is 0.278.